The van der Waals surface area contributed by atoms with Gasteiger partial charge in [-0.2, -0.15) is 12.6 Å². The fourth-order valence-corrected chi connectivity index (χ4v) is 2.68. The monoisotopic (exact) mass is 279 g/mol. The van der Waals surface area contributed by atoms with Gasteiger partial charge in [0.05, 0.1) is 17.6 Å². The predicted molar refractivity (Wildman–Crippen MR) is 85.1 cm³/mol. The van der Waals surface area contributed by atoms with Crippen LogP contribution in [0, 0.1) is 0 Å². The molecule has 1 fully saturated rings. The summed E-state index contributed by atoms with van der Waals surface area (Å²) in [6, 6.07) is 5.41. The standard InChI is InChI=1S/C15H25N3S/c1-11-9-18(10-12(2)17(11)5)13-6-7-14(16-8-13)15(3,4)19/h6-8,11-12,19H,9-10H2,1-5H3/t11-,12+. The van der Waals surface area contributed by atoms with E-state index in [1.54, 1.807) is 0 Å². The van der Waals surface area contributed by atoms with Crippen molar-refractivity contribution in [2.45, 2.75) is 44.5 Å². The summed E-state index contributed by atoms with van der Waals surface area (Å²) in [7, 11) is 2.21. The molecule has 0 bridgehead atoms. The second kappa shape index (κ2) is 5.33. The molecule has 1 saturated heterocycles. The molecule has 1 aromatic heterocycles. The van der Waals surface area contributed by atoms with Gasteiger partial charge in [0, 0.05) is 29.9 Å². The van der Waals surface area contributed by atoms with Crippen LogP contribution >= 0.6 is 12.6 Å². The molecule has 106 valence electrons. The van der Waals surface area contributed by atoms with Crippen LogP contribution in [-0.4, -0.2) is 42.1 Å². The Kier molecular flexibility index (Phi) is 4.11. The van der Waals surface area contributed by atoms with Crippen LogP contribution in [0.3, 0.4) is 0 Å². The van der Waals surface area contributed by atoms with Crippen molar-refractivity contribution in [2.24, 2.45) is 0 Å². The lowest BCUT2D eigenvalue weighted by Gasteiger charge is -2.43. The van der Waals surface area contributed by atoms with Gasteiger partial charge >= 0.3 is 0 Å². The van der Waals surface area contributed by atoms with Crippen LogP contribution in [-0.2, 0) is 4.75 Å². The van der Waals surface area contributed by atoms with Crippen LogP contribution in [0.15, 0.2) is 18.3 Å². The summed E-state index contributed by atoms with van der Waals surface area (Å²) in [5.74, 6) is 0. The van der Waals surface area contributed by atoms with Gasteiger partial charge in [-0.3, -0.25) is 9.88 Å². The minimum atomic E-state index is -0.179. The van der Waals surface area contributed by atoms with Gasteiger partial charge in [-0.05, 0) is 46.9 Å². The molecule has 0 spiro atoms. The van der Waals surface area contributed by atoms with Crippen molar-refractivity contribution >= 4 is 18.3 Å². The molecule has 0 N–H and O–H groups in total. The number of thiol groups is 1. The molecular formula is C15H25N3S. The average Bonchev–Trinajstić information content (AvgIpc) is 2.34. The molecule has 1 aliphatic rings. The summed E-state index contributed by atoms with van der Waals surface area (Å²) >= 11 is 4.56. The molecule has 2 heterocycles. The van der Waals surface area contributed by atoms with Gasteiger partial charge < -0.3 is 4.90 Å². The second-order valence-corrected chi connectivity index (χ2v) is 7.35. The van der Waals surface area contributed by atoms with Crippen LogP contribution in [0.5, 0.6) is 0 Å². The molecule has 0 amide bonds. The number of anilines is 1. The Morgan fingerprint density at radius 2 is 1.79 bits per heavy atom. The summed E-state index contributed by atoms with van der Waals surface area (Å²) in [6.45, 7) is 10.8. The maximum atomic E-state index is 4.56. The lowest BCUT2D eigenvalue weighted by Crippen LogP contribution is -2.55. The largest absolute Gasteiger partial charge is 0.367 e. The quantitative estimate of drug-likeness (QED) is 0.840. The van der Waals surface area contributed by atoms with Gasteiger partial charge in [0.15, 0.2) is 0 Å². The third-order valence-electron chi connectivity index (χ3n) is 4.10. The van der Waals surface area contributed by atoms with Crippen LogP contribution in [0.1, 0.15) is 33.4 Å². The Morgan fingerprint density at radius 3 is 2.21 bits per heavy atom. The summed E-state index contributed by atoms with van der Waals surface area (Å²) in [5.41, 5.74) is 2.24. The maximum Gasteiger partial charge on any atom is 0.0557 e. The van der Waals surface area contributed by atoms with Crippen LogP contribution < -0.4 is 4.90 Å². The van der Waals surface area contributed by atoms with E-state index in [1.165, 1.54) is 5.69 Å². The SMILES string of the molecule is C[C@@H]1CN(c2ccc(C(C)(C)S)nc2)C[C@H](C)N1C. The maximum absolute atomic E-state index is 4.56. The van der Waals surface area contributed by atoms with E-state index >= 15 is 0 Å². The van der Waals surface area contributed by atoms with Crippen molar-refractivity contribution in [3.8, 4) is 0 Å². The summed E-state index contributed by atoms with van der Waals surface area (Å²) in [4.78, 5) is 9.43. The average molecular weight is 279 g/mol. The van der Waals surface area contributed by atoms with Gasteiger partial charge in [-0.1, -0.05) is 0 Å². The Balaban J connectivity index is 2.15. The van der Waals surface area contributed by atoms with Crippen LogP contribution in [0.25, 0.3) is 0 Å². The highest BCUT2D eigenvalue weighted by atomic mass is 32.1. The van der Waals surface area contributed by atoms with Crippen molar-refractivity contribution in [3.05, 3.63) is 24.0 Å². The minimum absolute atomic E-state index is 0.179. The molecule has 2 atom stereocenters. The molecule has 2 rings (SSSR count). The molecular weight excluding hydrogens is 254 g/mol. The van der Waals surface area contributed by atoms with Gasteiger partial charge in [-0.15, -0.1) is 0 Å². The Morgan fingerprint density at radius 1 is 1.21 bits per heavy atom. The smallest absolute Gasteiger partial charge is 0.0557 e. The fourth-order valence-electron chi connectivity index (χ4n) is 2.55. The number of rotatable bonds is 2. The Labute approximate surface area is 122 Å². The van der Waals surface area contributed by atoms with Gasteiger partial charge in [-0.25, -0.2) is 0 Å². The van der Waals surface area contributed by atoms with Crippen molar-refractivity contribution in [1.82, 2.24) is 9.88 Å². The van der Waals surface area contributed by atoms with E-state index in [0.717, 1.165) is 18.8 Å². The minimum Gasteiger partial charge on any atom is -0.367 e. The van der Waals surface area contributed by atoms with Crippen molar-refractivity contribution in [1.29, 1.82) is 0 Å². The summed E-state index contributed by atoms with van der Waals surface area (Å²) in [5, 5.41) is 0. The Bertz CT molecular complexity index is 412. The van der Waals surface area contributed by atoms with E-state index in [-0.39, 0.29) is 4.75 Å². The molecule has 0 radical (unpaired) electrons. The molecule has 19 heavy (non-hydrogen) atoms. The number of pyridine rings is 1. The summed E-state index contributed by atoms with van der Waals surface area (Å²) in [6.07, 6.45) is 1.98. The van der Waals surface area contributed by atoms with Gasteiger partial charge in [0.2, 0.25) is 0 Å². The van der Waals surface area contributed by atoms with E-state index in [0.29, 0.717) is 12.1 Å². The number of likely N-dealkylation sites (N-methyl/N-ethyl adjacent to an activating group) is 1. The van der Waals surface area contributed by atoms with E-state index in [1.807, 2.05) is 6.20 Å². The number of aromatic nitrogens is 1. The third kappa shape index (κ3) is 3.23. The highest BCUT2D eigenvalue weighted by Gasteiger charge is 2.27. The molecule has 0 unspecified atom stereocenters. The number of nitrogens with zero attached hydrogens (tertiary/aromatic N) is 3. The first-order chi connectivity index (χ1) is 8.79. The van der Waals surface area contributed by atoms with E-state index in [2.05, 4.69) is 74.3 Å². The third-order valence-corrected chi connectivity index (χ3v) is 4.33. The van der Waals surface area contributed by atoms with E-state index in [9.17, 15) is 0 Å². The molecule has 0 saturated carbocycles. The van der Waals surface area contributed by atoms with Crippen molar-refractivity contribution < 1.29 is 0 Å². The topological polar surface area (TPSA) is 19.4 Å². The molecule has 0 aliphatic carbocycles. The van der Waals surface area contributed by atoms with E-state index < -0.39 is 0 Å². The van der Waals surface area contributed by atoms with Gasteiger partial charge in [0.1, 0.15) is 0 Å². The van der Waals surface area contributed by atoms with Gasteiger partial charge in [0.25, 0.3) is 0 Å². The first-order valence-corrected chi connectivity index (χ1v) is 7.39. The lowest BCUT2D eigenvalue weighted by atomic mass is 10.1. The highest BCUT2D eigenvalue weighted by molar-refractivity contribution is 7.81. The van der Waals surface area contributed by atoms with Crippen molar-refractivity contribution in [3.63, 3.8) is 0 Å². The molecule has 1 aliphatic heterocycles. The number of hydrogen-bond donors (Lipinski definition) is 1. The molecule has 0 aromatic carbocycles. The summed E-state index contributed by atoms with van der Waals surface area (Å²) < 4.78 is -0.179. The van der Waals surface area contributed by atoms with Crippen LogP contribution in [0.2, 0.25) is 0 Å². The predicted octanol–water partition coefficient (Wildman–Crippen LogP) is 2.78. The first kappa shape index (κ1) is 14.7. The number of hydrogen-bond acceptors (Lipinski definition) is 4. The lowest BCUT2D eigenvalue weighted by molar-refractivity contribution is 0.170. The second-order valence-electron chi connectivity index (χ2n) is 6.23. The fraction of sp³-hybridized carbons (Fsp3) is 0.667. The van der Waals surface area contributed by atoms with Crippen molar-refractivity contribution in [2.75, 3.05) is 25.0 Å². The zero-order valence-corrected chi connectivity index (χ0v) is 13.5. The Hall–Kier alpha value is -0.740. The highest BCUT2D eigenvalue weighted by Crippen LogP contribution is 2.27. The zero-order valence-electron chi connectivity index (χ0n) is 12.6. The molecule has 1 aromatic rings. The molecule has 4 heteroatoms. The normalized spacial score (nSPS) is 25.7. The zero-order chi connectivity index (χ0) is 14.2. The number of piperazine rings is 1. The molecule has 3 nitrogen and oxygen atoms in total. The van der Waals surface area contributed by atoms with E-state index in [4.69, 9.17) is 0 Å². The van der Waals surface area contributed by atoms with Crippen LogP contribution in [0.4, 0.5) is 5.69 Å². The first-order valence-electron chi connectivity index (χ1n) is 6.95.